The lowest BCUT2D eigenvalue weighted by Crippen LogP contribution is -2.50. The second-order valence-electron chi connectivity index (χ2n) is 5.87. The van der Waals surface area contributed by atoms with Crippen LogP contribution in [-0.4, -0.2) is 18.5 Å². The van der Waals surface area contributed by atoms with Crippen molar-refractivity contribution in [2.45, 2.75) is 51.6 Å². The molecule has 1 aromatic rings. The van der Waals surface area contributed by atoms with Gasteiger partial charge in [0.15, 0.2) is 0 Å². The number of fused-ring (bicyclic) bond motifs is 1. The average Bonchev–Trinajstić information content (AvgIpc) is 2.44. The Labute approximate surface area is 115 Å². The zero-order valence-electron chi connectivity index (χ0n) is 12.2. The molecule has 1 aliphatic carbocycles. The van der Waals surface area contributed by atoms with Crippen LogP contribution in [0.5, 0.6) is 0 Å². The van der Waals surface area contributed by atoms with Gasteiger partial charge in [0, 0.05) is 6.54 Å². The topological polar surface area (TPSA) is 41.1 Å². The second kappa shape index (κ2) is 5.74. The van der Waals surface area contributed by atoms with E-state index >= 15 is 0 Å². The SMILES string of the molecule is CNC(C)(C)C(=O)NCc1ccc2c(c1)CCCC2. The minimum atomic E-state index is -0.520. The molecule has 0 radical (unpaired) electrons. The number of aryl methyl sites for hydroxylation is 2. The molecule has 0 fully saturated rings. The Morgan fingerprint density at radius 3 is 2.58 bits per heavy atom. The first-order valence-electron chi connectivity index (χ1n) is 7.11. The van der Waals surface area contributed by atoms with E-state index in [2.05, 4.69) is 28.8 Å². The zero-order chi connectivity index (χ0) is 13.9. The fraction of sp³-hybridized carbons (Fsp3) is 0.562. The Balaban J connectivity index is 1.99. The van der Waals surface area contributed by atoms with Gasteiger partial charge in [0.05, 0.1) is 5.54 Å². The van der Waals surface area contributed by atoms with E-state index in [4.69, 9.17) is 0 Å². The predicted molar refractivity (Wildman–Crippen MR) is 78.1 cm³/mol. The third-order valence-electron chi connectivity index (χ3n) is 4.06. The summed E-state index contributed by atoms with van der Waals surface area (Å²) in [6.07, 6.45) is 4.98. The van der Waals surface area contributed by atoms with Gasteiger partial charge in [0.25, 0.3) is 0 Å². The Morgan fingerprint density at radius 2 is 1.89 bits per heavy atom. The molecule has 3 nitrogen and oxygen atoms in total. The van der Waals surface area contributed by atoms with Crippen molar-refractivity contribution in [3.63, 3.8) is 0 Å². The van der Waals surface area contributed by atoms with Crippen LogP contribution in [0.3, 0.4) is 0 Å². The maximum absolute atomic E-state index is 12.0. The first-order chi connectivity index (χ1) is 9.03. The van der Waals surface area contributed by atoms with E-state index in [1.165, 1.54) is 42.4 Å². The minimum absolute atomic E-state index is 0.0349. The fourth-order valence-corrected chi connectivity index (χ4v) is 2.41. The van der Waals surface area contributed by atoms with Crippen LogP contribution < -0.4 is 10.6 Å². The fourth-order valence-electron chi connectivity index (χ4n) is 2.41. The summed E-state index contributed by atoms with van der Waals surface area (Å²) in [6, 6.07) is 6.61. The molecule has 0 saturated heterocycles. The van der Waals surface area contributed by atoms with Crippen molar-refractivity contribution in [3.05, 3.63) is 34.9 Å². The highest BCUT2D eigenvalue weighted by Crippen LogP contribution is 2.22. The van der Waals surface area contributed by atoms with Crippen LogP contribution in [0.1, 0.15) is 43.4 Å². The van der Waals surface area contributed by atoms with E-state index in [1.54, 1.807) is 7.05 Å². The smallest absolute Gasteiger partial charge is 0.239 e. The van der Waals surface area contributed by atoms with Crippen LogP contribution in [0.2, 0.25) is 0 Å². The Bertz CT molecular complexity index is 466. The van der Waals surface area contributed by atoms with E-state index < -0.39 is 5.54 Å². The number of likely N-dealkylation sites (N-methyl/N-ethyl adjacent to an activating group) is 1. The zero-order valence-corrected chi connectivity index (χ0v) is 12.2. The lowest BCUT2D eigenvalue weighted by Gasteiger charge is -2.23. The van der Waals surface area contributed by atoms with E-state index in [-0.39, 0.29) is 5.91 Å². The predicted octanol–water partition coefficient (Wildman–Crippen LogP) is 2.18. The lowest BCUT2D eigenvalue weighted by molar-refractivity contribution is -0.126. The number of rotatable bonds is 4. The molecule has 0 bridgehead atoms. The van der Waals surface area contributed by atoms with Crippen LogP contribution in [0, 0.1) is 0 Å². The summed E-state index contributed by atoms with van der Waals surface area (Å²) < 4.78 is 0. The van der Waals surface area contributed by atoms with Gasteiger partial charge in [-0.15, -0.1) is 0 Å². The molecule has 0 aromatic heterocycles. The first-order valence-corrected chi connectivity index (χ1v) is 7.11. The summed E-state index contributed by atoms with van der Waals surface area (Å²) in [5, 5.41) is 6.01. The van der Waals surface area contributed by atoms with Crippen LogP contribution >= 0.6 is 0 Å². The number of carbonyl (C=O) groups excluding carboxylic acids is 1. The quantitative estimate of drug-likeness (QED) is 0.871. The third-order valence-corrected chi connectivity index (χ3v) is 4.06. The van der Waals surface area contributed by atoms with E-state index in [9.17, 15) is 4.79 Å². The summed E-state index contributed by atoms with van der Waals surface area (Å²) in [5.41, 5.74) is 3.62. The molecule has 1 aliphatic rings. The van der Waals surface area contributed by atoms with Gasteiger partial charge in [-0.05, 0) is 63.3 Å². The van der Waals surface area contributed by atoms with Crippen molar-refractivity contribution >= 4 is 5.91 Å². The Morgan fingerprint density at radius 1 is 1.21 bits per heavy atom. The van der Waals surface area contributed by atoms with Gasteiger partial charge in [-0.3, -0.25) is 4.79 Å². The summed E-state index contributed by atoms with van der Waals surface area (Å²) in [7, 11) is 1.80. The van der Waals surface area contributed by atoms with Crippen LogP contribution in [0.4, 0.5) is 0 Å². The number of amides is 1. The molecular weight excluding hydrogens is 236 g/mol. The molecule has 2 rings (SSSR count). The molecule has 19 heavy (non-hydrogen) atoms. The van der Waals surface area contributed by atoms with Crippen LogP contribution in [-0.2, 0) is 24.2 Å². The first kappa shape index (κ1) is 14.1. The monoisotopic (exact) mass is 260 g/mol. The van der Waals surface area contributed by atoms with Gasteiger partial charge in [-0.1, -0.05) is 18.2 Å². The molecule has 0 aliphatic heterocycles. The van der Waals surface area contributed by atoms with Gasteiger partial charge < -0.3 is 10.6 Å². The summed E-state index contributed by atoms with van der Waals surface area (Å²) >= 11 is 0. The van der Waals surface area contributed by atoms with Gasteiger partial charge in [0.2, 0.25) is 5.91 Å². The van der Waals surface area contributed by atoms with E-state index in [0.717, 1.165) is 0 Å². The second-order valence-corrected chi connectivity index (χ2v) is 5.87. The standard InChI is InChI=1S/C16H24N2O/c1-16(2,17-3)15(19)18-11-12-8-9-13-6-4-5-7-14(13)10-12/h8-10,17H,4-7,11H2,1-3H3,(H,18,19). The van der Waals surface area contributed by atoms with Crippen molar-refractivity contribution in [1.82, 2.24) is 10.6 Å². The molecule has 0 atom stereocenters. The average molecular weight is 260 g/mol. The van der Waals surface area contributed by atoms with Gasteiger partial charge in [0.1, 0.15) is 0 Å². The van der Waals surface area contributed by atoms with E-state index in [1.807, 2.05) is 13.8 Å². The minimum Gasteiger partial charge on any atom is -0.350 e. The van der Waals surface area contributed by atoms with E-state index in [0.29, 0.717) is 6.54 Å². The van der Waals surface area contributed by atoms with Crippen molar-refractivity contribution < 1.29 is 4.79 Å². The normalized spacial score (nSPS) is 14.9. The molecule has 1 aromatic carbocycles. The highest BCUT2D eigenvalue weighted by Gasteiger charge is 2.24. The summed E-state index contributed by atoms with van der Waals surface area (Å²) in [6.45, 7) is 4.38. The van der Waals surface area contributed by atoms with Crippen LogP contribution in [0.25, 0.3) is 0 Å². The molecule has 0 spiro atoms. The van der Waals surface area contributed by atoms with Gasteiger partial charge >= 0.3 is 0 Å². The van der Waals surface area contributed by atoms with Crippen molar-refractivity contribution in [1.29, 1.82) is 0 Å². The van der Waals surface area contributed by atoms with Crippen LogP contribution in [0.15, 0.2) is 18.2 Å². The number of nitrogens with one attached hydrogen (secondary N) is 2. The number of hydrogen-bond acceptors (Lipinski definition) is 2. The number of hydrogen-bond donors (Lipinski definition) is 2. The molecule has 104 valence electrons. The Hall–Kier alpha value is -1.35. The largest absolute Gasteiger partial charge is 0.350 e. The lowest BCUT2D eigenvalue weighted by atomic mass is 9.90. The maximum Gasteiger partial charge on any atom is 0.239 e. The molecule has 0 saturated carbocycles. The summed E-state index contributed by atoms with van der Waals surface area (Å²) in [4.78, 5) is 12.0. The van der Waals surface area contributed by atoms with Crippen molar-refractivity contribution in [2.75, 3.05) is 7.05 Å². The maximum atomic E-state index is 12.0. The Kier molecular flexibility index (Phi) is 4.25. The highest BCUT2D eigenvalue weighted by atomic mass is 16.2. The van der Waals surface area contributed by atoms with Crippen molar-refractivity contribution in [2.24, 2.45) is 0 Å². The highest BCUT2D eigenvalue weighted by molar-refractivity contribution is 5.85. The summed E-state index contributed by atoms with van der Waals surface area (Å²) in [5.74, 6) is 0.0349. The number of carbonyl (C=O) groups is 1. The molecule has 0 unspecified atom stereocenters. The molecule has 2 N–H and O–H groups in total. The van der Waals surface area contributed by atoms with Gasteiger partial charge in [-0.25, -0.2) is 0 Å². The third kappa shape index (κ3) is 3.35. The van der Waals surface area contributed by atoms with Gasteiger partial charge in [-0.2, -0.15) is 0 Å². The molecule has 3 heteroatoms. The molecule has 1 amide bonds. The van der Waals surface area contributed by atoms with Crippen molar-refractivity contribution in [3.8, 4) is 0 Å². The molecular formula is C16H24N2O. The number of benzene rings is 1. The molecule has 0 heterocycles.